The van der Waals surface area contributed by atoms with E-state index in [1.807, 2.05) is 0 Å². The van der Waals surface area contributed by atoms with Crippen LogP contribution in [0.3, 0.4) is 0 Å². The first-order valence-electron chi connectivity index (χ1n) is 6.26. The lowest BCUT2D eigenvalue weighted by atomic mass is 10.1. The first-order chi connectivity index (χ1) is 8.75. The molecule has 5 heteroatoms. The van der Waals surface area contributed by atoms with Gasteiger partial charge in [-0.3, -0.25) is 0 Å². The molecule has 0 saturated carbocycles. The lowest BCUT2D eigenvalue weighted by Gasteiger charge is -2.09. The summed E-state index contributed by atoms with van der Waals surface area (Å²) >= 11 is 0. The van der Waals surface area contributed by atoms with Gasteiger partial charge in [0.05, 0.1) is 24.6 Å². The number of carbonyl (C=O) groups is 1. The molecule has 1 aromatic rings. The van der Waals surface area contributed by atoms with Gasteiger partial charge in [-0.2, -0.15) is 0 Å². The Morgan fingerprint density at radius 3 is 3.11 bits per heavy atom. The van der Waals surface area contributed by atoms with Gasteiger partial charge in [0.2, 0.25) is 0 Å². The van der Waals surface area contributed by atoms with Crippen LogP contribution in [0.25, 0.3) is 0 Å². The van der Waals surface area contributed by atoms with Crippen molar-refractivity contribution in [2.45, 2.75) is 31.8 Å². The number of hydrogen-bond acceptors (Lipinski definition) is 5. The summed E-state index contributed by atoms with van der Waals surface area (Å²) in [5.74, 6) is -0.401. The highest BCUT2D eigenvalue weighted by Crippen LogP contribution is 2.16. The number of pyridine rings is 1. The Morgan fingerprint density at radius 1 is 1.56 bits per heavy atom. The Labute approximate surface area is 106 Å². The molecule has 0 radical (unpaired) electrons. The zero-order valence-electron chi connectivity index (χ0n) is 10.3. The molecule has 2 N–H and O–H groups in total. The topological polar surface area (TPSA) is 74.4 Å². The van der Waals surface area contributed by atoms with Gasteiger partial charge in [0.25, 0.3) is 0 Å². The number of rotatable bonds is 5. The van der Waals surface area contributed by atoms with Crippen LogP contribution >= 0.6 is 0 Å². The minimum atomic E-state index is -0.401. The maximum absolute atomic E-state index is 11.6. The largest absolute Gasteiger partial charge is 0.461 e. The standard InChI is InChI=1S/C13H18N2O3/c14-10-5-6-12(15-9-10)13(16)18-8-2-4-11-3-1-7-17-11/h5-6,9,11H,1-4,7-8,14H2. The lowest BCUT2D eigenvalue weighted by molar-refractivity contribution is 0.0455. The van der Waals surface area contributed by atoms with E-state index in [1.54, 1.807) is 12.1 Å². The van der Waals surface area contributed by atoms with Crippen LogP contribution in [-0.4, -0.2) is 30.3 Å². The molecule has 0 aliphatic carbocycles. The molecule has 0 bridgehead atoms. The van der Waals surface area contributed by atoms with Crippen molar-refractivity contribution in [2.75, 3.05) is 18.9 Å². The van der Waals surface area contributed by atoms with E-state index < -0.39 is 5.97 Å². The normalized spacial score (nSPS) is 18.8. The van der Waals surface area contributed by atoms with Gasteiger partial charge in [-0.25, -0.2) is 9.78 Å². The quantitative estimate of drug-likeness (QED) is 0.637. The summed E-state index contributed by atoms with van der Waals surface area (Å²) in [5, 5.41) is 0. The maximum Gasteiger partial charge on any atom is 0.356 e. The van der Waals surface area contributed by atoms with E-state index in [1.165, 1.54) is 6.20 Å². The van der Waals surface area contributed by atoms with E-state index in [9.17, 15) is 4.79 Å². The number of nitrogen functional groups attached to an aromatic ring is 1. The molecule has 1 aromatic heterocycles. The summed E-state index contributed by atoms with van der Waals surface area (Å²) in [5.41, 5.74) is 6.32. The third kappa shape index (κ3) is 3.70. The van der Waals surface area contributed by atoms with Crippen LogP contribution in [0.1, 0.15) is 36.2 Å². The SMILES string of the molecule is Nc1ccc(C(=O)OCCCC2CCCO2)nc1. The second-order valence-corrected chi connectivity index (χ2v) is 4.39. The number of ether oxygens (including phenoxy) is 2. The maximum atomic E-state index is 11.6. The van der Waals surface area contributed by atoms with Gasteiger partial charge in [0, 0.05) is 6.61 Å². The van der Waals surface area contributed by atoms with Gasteiger partial charge in [-0.15, -0.1) is 0 Å². The second-order valence-electron chi connectivity index (χ2n) is 4.39. The Balaban J connectivity index is 1.66. The highest BCUT2D eigenvalue weighted by atomic mass is 16.5. The molecule has 98 valence electrons. The fourth-order valence-corrected chi connectivity index (χ4v) is 1.95. The first kappa shape index (κ1) is 12.8. The van der Waals surface area contributed by atoms with Crippen molar-refractivity contribution in [2.24, 2.45) is 0 Å². The summed E-state index contributed by atoms with van der Waals surface area (Å²) in [6, 6.07) is 3.20. The number of nitrogens with two attached hydrogens (primary N) is 1. The molecule has 1 aliphatic rings. The van der Waals surface area contributed by atoms with Crippen LogP contribution < -0.4 is 5.73 Å². The summed E-state index contributed by atoms with van der Waals surface area (Å²) < 4.78 is 10.6. The molecular formula is C13H18N2O3. The Bertz CT molecular complexity index is 386. The molecule has 0 spiro atoms. The van der Waals surface area contributed by atoms with E-state index in [0.717, 1.165) is 32.3 Å². The van der Waals surface area contributed by atoms with E-state index >= 15 is 0 Å². The molecule has 2 rings (SSSR count). The monoisotopic (exact) mass is 250 g/mol. The van der Waals surface area contributed by atoms with Gasteiger partial charge in [-0.1, -0.05) is 0 Å². The van der Waals surface area contributed by atoms with E-state index in [-0.39, 0.29) is 0 Å². The number of esters is 1. The molecular weight excluding hydrogens is 232 g/mol. The number of anilines is 1. The van der Waals surface area contributed by atoms with E-state index in [4.69, 9.17) is 15.2 Å². The van der Waals surface area contributed by atoms with Crippen LogP contribution in [0, 0.1) is 0 Å². The Morgan fingerprint density at radius 2 is 2.44 bits per heavy atom. The molecule has 5 nitrogen and oxygen atoms in total. The molecule has 1 unspecified atom stereocenters. The Hall–Kier alpha value is -1.62. The second kappa shape index (κ2) is 6.35. The Kier molecular flexibility index (Phi) is 4.52. The zero-order valence-corrected chi connectivity index (χ0v) is 10.3. The predicted molar refractivity (Wildman–Crippen MR) is 67.1 cm³/mol. The fraction of sp³-hybridized carbons (Fsp3) is 0.538. The van der Waals surface area contributed by atoms with Crippen molar-refractivity contribution in [3.63, 3.8) is 0 Å². The molecule has 18 heavy (non-hydrogen) atoms. The number of aromatic nitrogens is 1. The van der Waals surface area contributed by atoms with Crippen molar-refractivity contribution in [1.29, 1.82) is 0 Å². The first-order valence-corrected chi connectivity index (χ1v) is 6.26. The van der Waals surface area contributed by atoms with Crippen molar-refractivity contribution >= 4 is 11.7 Å². The molecule has 1 saturated heterocycles. The lowest BCUT2D eigenvalue weighted by Crippen LogP contribution is -2.11. The van der Waals surface area contributed by atoms with E-state index in [0.29, 0.717) is 24.1 Å². The fourth-order valence-electron chi connectivity index (χ4n) is 1.95. The summed E-state index contributed by atoms with van der Waals surface area (Å²) in [6.07, 6.45) is 5.82. The van der Waals surface area contributed by atoms with Gasteiger partial charge >= 0.3 is 5.97 Å². The average Bonchev–Trinajstić information content (AvgIpc) is 2.88. The number of nitrogens with zero attached hydrogens (tertiary/aromatic N) is 1. The summed E-state index contributed by atoms with van der Waals surface area (Å²) in [6.45, 7) is 1.27. The number of hydrogen-bond donors (Lipinski definition) is 1. The van der Waals surface area contributed by atoms with Gasteiger partial charge < -0.3 is 15.2 Å². The van der Waals surface area contributed by atoms with Crippen LogP contribution in [0.15, 0.2) is 18.3 Å². The van der Waals surface area contributed by atoms with Crippen LogP contribution in [0.5, 0.6) is 0 Å². The summed E-state index contributed by atoms with van der Waals surface area (Å²) in [4.78, 5) is 15.5. The highest BCUT2D eigenvalue weighted by Gasteiger charge is 2.15. The molecule has 1 fully saturated rings. The number of carbonyl (C=O) groups excluding carboxylic acids is 1. The molecule has 1 aliphatic heterocycles. The minimum absolute atomic E-state index is 0.293. The van der Waals surface area contributed by atoms with Gasteiger partial charge in [0.1, 0.15) is 5.69 Å². The van der Waals surface area contributed by atoms with Crippen molar-refractivity contribution in [3.05, 3.63) is 24.0 Å². The highest BCUT2D eigenvalue weighted by molar-refractivity contribution is 5.87. The molecule has 0 amide bonds. The molecule has 1 atom stereocenters. The summed E-state index contributed by atoms with van der Waals surface area (Å²) in [7, 11) is 0. The van der Waals surface area contributed by atoms with Gasteiger partial charge in [0.15, 0.2) is 0 Å². The molecule has 0 aromatic carbocycles. The third-order valence-electron chi connectivity index (χ3n) is 2.92. The minimum Gasteiger partial charge on any atom is -0.461 e. The van der Waals surface area contributed by atoms with Crippen molar-refractivity contribution in [1.82, 2.24) is 4.98 Å². The van der Waals surface area contributed by atoms with Crippen LogP contribution in [-0.2, 0) is 9.47 Å². The zero-order chi connectivity index (χ0) is 12.8. The van der Waals surface area contributed by atoms with Crippen molar-refractivity contribution in [3.8, 4) is 0 Å². The predicted octanol–water partition coefficient (Wildman–Crippen LogP) is 1.78. The smallest absolute Gasteiger partial charge is 0.356 e. The molecule has 2 heterocycles. The average molecular weight is 250 g/mol. The third-order valence-corrected chi connectivity index (χ3v) is 2.92. The van der Waals surface area contributed by atoms with Gasteiger partial charge in [-0.05, 0) is 37.8 Å². The van der Waals surface area contributed by atoms with E-state index in [2.05, 4.69) is 4.98 Å². The van der Waals surface area contributed by atoms with Crippen molar-refractivity contribution < 1.29 is 14.3 Å². The van der Waals surface area contributed by atoms with Crippen LogP contribution in [0.2, 0.25) is 0 Å². The van der Waals surface area contributed by atoms with Crippen LogP contribution in [0.4, 0.5) is 5.69 Å².